The lowest BCUT2D eigenvalue weighted by molar-refractivity contribution is -0.120. The lowest BCUT2D eigenvalue weighted by Gasteiger charge is -2.07. The molecule has 0 aliphatic carbocycles. The van der Waals surface area contributed by atoms with Gasteiger partial charge in [-0.15, -0.1) is 0 Å². The Labute approximate surface area is 75.3 Å². The summed E-state index contributed by atoms with van der Waals surface area (Å²) in [5.74, 6) is 0.872. The lowest BCUT2D eigenvalue weighted by atomic mass is 9.99. The van der Waals surface area contributed by atoms with Crippen molar-refractivity contribution in [3.05, 3.63) is 0 Å². The summed E-state index contributed by atoms with van der Waals surface area (Å²) in [7, 11) is 1.63. The van der Waals surface area contributed by atoms with E-state index in [-0.39, 0.29) is 0 Å². The molecular formula is C10H20O2. The van der Waals surface area contributed by atoms with Gasteiger partial charge >= 0.3 is 0 Å². The third kappa shape index (κ3) is 6.35. The highest BCUT2D eigenvalue weighted by molar-refractivity contribution is 5.78. The first kappa shape index (κ1) is 11.6. The molecule has 12 heavy (non-hydrogen) atoms. The number of hydrogen-bond acceptors (Lipinski definition) is 2. The maximum atomic E-state index is 11.2. The number of ether oxygens (including phenoxy) is 1. The maximum Gasteiger partial charge on any atom is 0.135 e. The largest absolute Gasteiger partial charge is 0.384 e. The van der Waals surface area contributed by atoms with E-state index in [0.717, 1.165) is 12.8 Å². The van der Waals surface area contributed by atoms with Crippen LogP contribution >= 0.6 is 0 Å². The van der Waals surface area contributed by atoms with Crippen LogP contribution in [0.4, 0.5) is 0 Å². The van der Waals surface area contributed by atoms with Crippen molar-refractivity contribution >= 4 is 5.78 Å². The molecule has 0 aromatic heterocycles. The predicted molar refractivity (Wildman–Crippen MR) is 50.2 cm³/mol. The molecule has 0 aromatic rings. The van der Waals surface area contributed by atoms with Gasteiger partial charge in [0.05, 0.1) is 6.61 Å². The van der Waals surface area contributed by atoms with Crippen LogP contribution in [0.25, 0.3) is 0 Å². The highest BCUT2D eigenvalue weighted by Gasteiger charge is 2.07. The number of methoxy groups -OCH3 is 1. The number of Topliss-reactive ketones (excluding diaryl/α,β-unsaturated/α-hetero) is 1. The van der Waals surface area contributed by atoms with Crippen LogP contribution in [0.2, 0.25) is 0 Å². The van der Waals surface area contributed by atoms with E-state index in [4.69, 9.17) is 4.74 Å². The third-order valence-electron chi connectivity index (χ3n) is 1.94. The van der Waals surface area contributed by atoms with Gasteiger partial charge in [-0.05, 0) is 5.92 Å². The van der Waals surface area contributed by atoms with Gasteiger partial charge in [0.1, 0.15) is 5.78 Å². The number of ketones is 1. The monoisotopic (exact) mass is 172 g/mol. The number of rotatable bonds is 7. The first-order valence-electron chi connectivity index (χ1n) is 4.71. The van der Waals surface area contributed by atoms with Crippen molar-refractivity contribution in [1.29, 1.82) is 0 Å². The van der Waals surface area contributed by atoms with Crippen LogP contribution < -0.4 is 0 Å². The van der Waals surface area contributed by atoms with Crippen molar-refractivity contribution in [2.45, 2.75) is 39.5 Å². The van der Waals surface area contributed by atoms with E-state index in [0.29, 0.717) is 24.7 Å². The molecule has 0 rings (SSSR count). The van der Waals surface area contributed by atoms with Gasteiger partial charge in [0.2, 0.25) is 0 Å². The standard InChI is InChI=1S/C10H20O2/c1-4-5-9(2)8-10(11)6-7-12-3/h9H,4-8H2,1-3H3. The van der Waals surface area contributed by atoms with Gasteiger partial charge in [-0.25, -0.2) is 0 Å². The second kappa shape index (κ2) is 7.29. The van der Waals surface area contributed by atoms with Gasteiger partial charge in [-0.1, -0.05) is 26.7 Å². The van der Waals surface area contributed by atoms with Crippen molar-refractivity contribution in [2.24, 2.45) is 5.92 Å². The van der Waals surface area contributed by atoms with Gasteiger partial charge in [-0.2, -0.15) is 0 Å². The molecule has 0 radical (unpaired) electrons. The summed E-state index contributed by atoms with van der Waals surface area (Å²) >= 11 is 0. The minimum atomic E-state index is 0.331. The molecule has 2 nitrogen and oxygen atoms in total. The van der Waals surface area contributed by atoms with E-state index in [2.05, 4.69) is 13.8 Å². The second-order valence-electron chi connectivity index (χ2n) is 3.38. The zero-order valence-electron chi connectivity index (χ0n) is 8.43. The van der Waals surface area contributed by atoms with Crippen molar-refractivity contribution < 1.29 is 9.53 Å². The Bertz CT molecular complexity index is 121. The Morgan fingerprint density at radius 3 is 2.67 bits per heavy atom. The minimum Gasteiger partial charge on any atom is -0.384 e. The third-order valence-corrected chi connectivity index (χ3v) is 1.94. The Morgan fingerprint density at radius 1 is 1.50 bits per heavy atom. The molecule has 0 amide bonds. The van der Waals surface area contributed by atoms with E-state index < -0.39 is 0 Å². The normalized spacial score (nSPS) is 12.9. The van der Waals surface area contributed by atoms with Gasteiger partial charge in [0.25, 0.3) is 0 Å². The molecule has 1 atom stereocenters. The summed E-state index contributed by atoms with van der Waals surface area (Å²) in [6.07, 6.45) is 3.61. The summed E-state index contributed by atoms with van der Waals surface area (Å²) in [6.45, 7) is 4.85. The molecule has 0 saturated heterocycles. The molecule has 2 heteroatoms. The Balaban J connectivity index is 3.40. The maximum absolute atomic E-state index is 11.2. The quantitative estimate of drug-likeness (QED) is 0.589. The molecule has 0 saturated carbocycles. The van der Waals surface area contributed by atoms with Crippen LogP contribution in [-0.2, 0) is 9.53 Å². The highest BCUT2D eigenvalue weighted by Crippen LogP contribution is 2.11. The van der Waals surface area contributed by atoms with Crippen LogP contribution in [0.3, 0.4) is 0 Å². The van der Waals surface area contributed by atoms with E-state index >= 15 is 0 Å². The molecule has 0 bridgehead atoms. The summed E-state index contributed by atoms with van der Waals surface area (Å²) in [5, 5.41) is 0. The van der Waals surface area contributed by atoms with Crippen LogP contribution in [0.15, 0.2) is 0 Å². The molecular weight excluding hydrogens is 152 g/mol. The SMILES string of the molecule is CCCC(C)CC(=O)CCOC. The molecule has 0 N–H and O–H groups in total. The van der Waals surface area contributed by atoms with E-state index in [9.17, 15) is 4.79 Å². The molecule has 0 fully saturated rings. The minimum absolute atomic E-state index is 0.331. The van der Waals surface area contributed by atoms with Gasteiger partial charge in [-0.3, -0.25) is 4.79 Å². The van der Waals surface area contributed by atoms with E-state index in [1.54, 1.807) is 7.11 Å². The van der Waals surface area contributed by atoms with E-state index in [1.165, 1.54) is 6.42 Å². The Hall–Kier alpha value is -0.370. The number of carbonyl (C=O) groups is 1. The van der Waals surface area contributed by atoms with Crippen molar-refractivity contribution in [3.8, 4) is 0 Å². The average molecular weight is 172 g/mol. The summed E-state index contributed by atoms with van der Waals surface area (Å²) in [5.41, 5.74) is 0. The van der Waals surface area contributed by atoms with Crippen molar-refractivity contribution in [3.63, 3.8) is 0 Å². The molecule has 0 aliphatic rings. The summed E-state index contributed by atoms with van der Waals surface area (Å²) in [6, 6.07) is 0. The number of hydrogen-bond donors (Lipinski definition) is 0. The zero-order valence-corrected chi connectivity index (χ0v) is 8.43. The molecule has 0 aliphatic heterocycles. The first-order chi connectivity index (χ1) is 5.70. The Morgan fingerprint density at radius 2 is 2.17 bits per heavy atom. The van der Waals surface area contributed by atoms with Gasteiger partial charge in [0.15, 0.2) is 0 Å². The fraction of sp³-hybridized carbons (Fsp3) is 0.900. The van der Waals surface area contributed by atoms with Crippen LogP contribution in [-0.4, -0.2) is 19.5 Å². The highest BCUT2D eigenvalue weighted by atomic mass is 16.5. The molecule has 0 spiro atoms. The smallest absolute Gasteiger partial charge is 0.135 e. The average Bonchev–Trinajstić information content (AvgIpc) is 2.01. The predicted octanol–water partition coefficient (Wildman–Crippen LogP) is 2.42. The zero-order chi connectivity index (χ0) is 9.40. The molecule has 72 valence electrons. The van der Waals surface area contributed by atoms with Crippen molar-refractivity contribution in [2.75, 3.05) is 13.7 Å². The van der Waals surface area contributed by atoms with Crippen molar-refractivity contribution in [1.82, 2.24) is 0 Å². The lowest BCUT2D eigenvalue weighted by Crippen LogP contribution is -2.07. The van der Waals surface area contributed by atoms with Crippen LogP contribution in [0, 0.1) is 5.92 Å². The van der Waals surface area contributed by atoms with Crippen LogP contribution in [0.5, 0.6) is 0 Å². The Kier molecular flexibility index (Phi) is 7.06. The fourth-order valence-electron chi connectivity index (χ4n) is 1.30. The molecule has 0 aromatic carbocycles. The number of carbonyl (C=O) groups excluding carboxylic acids is 1. The second-order valence-corrected chi connectivity index (χ2v) is 3.38. The molecule has 1 unspecified atom stereocenters. The van der Waals surface area contributed by atoms with E-state index in [1.807, 2.05) is 0 Å². The fourth-order valence-corrected chi connectivity index (χ4v) is 1.30. The summed E-state index contributed by atoms with van der Waals surface area (Å²) < 4.78 is 4.83. The first-order valence-corrected chi connectivity index (χ1v) is 4.71. The molecule has 0 heterocycles. The summed E-state index contributed by atoms with van der Waals surface area (Å²) in [4.78, 5) is 11.2. The van der Waals surface area contributed by atoms with Gasteiger partial charge in [0, 0.05) is 20.0 Å². The van der Waals surface area contributed by atoms with Gasteiger partial charge < -0.3 is 4.74 Å². The topological polar surface area (TPSA) is 26.3 Å². The van der Waals surface area contributed by atoms with Crippen LogP contribution in [0.1, 0.15) is 39.5 Å².